The highest BCUT2D eigenvalue weighted by molar-refractivity contribution is 7.84. The highest BCUT2D eigenvalue weighted by atomic mass is 32.2. The quantitative estimate of drug-likeness (QED) is 0.607. The molecule has 0 spiro atoms. The van der Waals surface area contributed by atoms with Gasteiger partial charge in [-0.3, -0.25) is 14.1 Å². The summed E-state index contributed by atoms with van der Waals surface area (Å²) in [6.45, 7) is 0. The van der Waals surface area contributed by atoms with Gasteiger partial charge in [-0.05, 0) is 5.56 Å². The van der Waals surface area contributed by atoms with E-state index in [9.17, 15) is 18.0 Å². The maximum absolute atomic E-state index is 11.7. The summed E-state index contributed by atoms with van der Waals surface area (Å²) < 4.78 is 30.4. The lowest BCUT2D eigenvalue weighted by Gasteiger charge is -2.10. The number of carbonyl (C=O) groups is 2. The standard InChI is InChI=1S/C10H9NO5S/c12-9-6-8(7-4-2-1-3-5-7)10(13)11(9)17(14,15)16/h1-5,8H,6H2,(H,14,15,16). The van der Waals surface area contributed by atoms with E-state index in [1.165, 1.54) is 0 Å². The molecule has 1 unspecified atom stereocenters. The molecule has 0 aromatic heterocycles. The molecule has 6 nitrogen and oxygen atoms in total. The molecule has 90 valence electrons. The van der Waals surface area contributed by atoms with Gasteiger partial charge in [0.05, 0.1) is 5.92 Å². The van der Waals surface area contributed by atoms with E-state index in [4.69, 9.17) is 4.55 Å². The predicted molar refractivity (Wildman–Crippen MR) is 57.2 cm³/mol. The molecule has 1 atom stereocenters. The van der Waals surface area contributed by atoms with Gasteiger partial charge in [0.25, 0.3) is 5.91 Å². The minimum Gasteiger partial charge on any atom is -0.273 e. The summed E-state index contributed by atoms with van der Waals surface area (Å²) in [4.78, 5) is 23.1. The van der Waals surface area contributed by atoms with Crippen LogP contribution in [0.3, 0.4) is 0 Å². The molecule has 0 bridgehead atoms. The molecule has 7 heteroatoms. The van der Waals surface area contributed by atoms with E-state index in [1.54, 1.807) is 30.3 Å². The van der Waals surface area contributed by atoms with Gasteiger partial charge >= 0.3 is 10.3 Å². The Morgan fingerprint density at radius 2 is 1.76 bits per heavy atom. The Kier molecular flexibility index (Phi) is 2.72. The van der Waals surface area contributed by atoms with E-state index >= 15 is 0 Å². The first kappa shape index (κ1) is 11.7. The molecule has 1 aliphatic heterocycles. The first-order valence-corrected chi connectivity index (χ1v) is 6.20. The first-order chi connectivity index (χ1) is 7.91. The van der Waals surface area contributed by atoms with E-state index in [0.717, 1.165) is 0 Å². The molecule has 2 rings (SSSR count). The molecule has 1 aromatic rings. The molecule has 2 amide bonds. The van der Waals surface area contributed by atoms with E-state index in [2.05, 4.69) is 0 Å². The molecule has 0 radical (unpaired) electrons. The minimum absolute atomic E-state index is 0.0787. The number of carbonyl (C=O) groups excluding carboxylic acids is 2. The molecule has 1 aliphatic rings. The summed E-state index contributed by atoms with van der Waals surface area (Å²) in [6.07, 6.45) is -0.247. The highest BCUT2D eigenvalue weighted by Crippen LogP contribution is 2.30. The Morgan fingerprint density at radius 1 is 1.18 bits per heavy atom. The van der Waals surface area contributed by atoms with E-state index < -0.39 is 28.0 Å². The summed E-state index contributed by atoms with van der Waals surface area (Å²) in [5.41, 5.74) is 0.553. The van der Waals surface area contributed by atoms with Crippen LogP contribution in [0.5, 0.6) is 0 Å². The summed E-state index contributed by atoms with van der Waals surface area (Å²) >= 11 is 0. The van der Waals surface area contributed by atoms with Gasteiger partial charge in [0, 0.05) is 6.42 Å². The van der Waals surface area contributed by atoms with Gasteiger partial charge in [-0.2, -0.15) is 12.7 Å². The van der Waals surface area contributed by atoms with Crippen molar-refractivity contribution >= 4 is 22.1 Å². The van der Waals surface area contributed by atoms with Gasteiger partial charge in [0.1, 0.15) is 0 Å². The molecule has 0 saturated carbocycles. The Morgan fingerprint density at radius 3 is 2.24 bits per heavy atom. The zero-order valence-corrected chi connectivity index (χ0v) is 9.42. The van der Waals surface area contributed by atoms with Crippen molar-refractivity contribution in [1.29, 1.82) is 0 Å². The number of hydrogen-bond acceptors (Lipinski definition) is 4. The maximum Gasteiger partial charge on any atom is 0.368 e. The largest absolute Gasteiger partial charge is 0.368 e. The normalized spacial score (nSPS) is 21.0. The van der Waals surface area contributed by atoms with Crippen molar-refractivity contribution in [2.24, 2.45) is 0 Å². The number of nitrogens with zero attached hydrogens (tertiary/aromatic N) is 1. The van der Waals surface area contributed by atoms with Crippen LogP contribution in [-0.4, -0.2) is 29.1 Å². The third kappa shape index (κ3) is 2.06. The molecule has 1 N–H and O–H groups in total. The van der Waals surface area contributed by atoms with Crippen LogP contribution in [0.2, 0.25) is 0 Å². The summed E-state index contributed by atoms with van der Waals surface area (Å²) in [5.74, 6) is -2.67. The lowest BCUT2D eigenvalue weighted by atomic mass is 9.98. The van der Waals surface area contributed by atoms with Crippen LogP contribution >= 0.6 is 0 Å². The summed E-state index contributed by atoms with van der Waals surface area (Å²) in [7, 11) is -4.81. The fourth-order valence-corrected chi connectivity index (χ4v) is 2.48. The van der Waals surface area contributed by atoms with Gasteiger partial charge in [-0.1, -0.05) is 30.3 Å². The molecule has 17 heavy (non-hydrogen) atoms. The van der Waals surface area contributed by atoms with Crippen LogP contribution in [-0.2, 0) is 19.9 Å². The van der Waals surface area contributed by atoms with Gasteiger partial charge in [-0.15, -0.1) is 0 Å². The van der Waals surface area contributed by atoms with Gasteiger partial charge < -0.3 is 0 Å². The smallest absolute Gasteiger partial charge is 0.273 e. The van der Waals surface area contributed by atoms with Crippen molar-refractivity contribution < 1.29 is 22.6 Å². The second kappa shape index (κ2) is 3.94. The van der Waals surface area contributed by atoms with Crippen LogP contribution < -0.4 is 0 Å². The lowest BCUT2D eigenvalue weighted by Crippen LogP contribution is -2.35. The molecular weight excluding hydrogens is 246 g/mol. The number of benzene rings is 1. The van der Waals surface area contributed by atoms with E-state index in [1.807, 2.05) is 0 Å². The number of imide groups is 1. The fraction of sp³-hybridized carbons (Fsp3) is 0.200. The van der Waals surface area contributed by atoms with Crippen molar-refractivity contribution in [1.82, 2.24) is 4.31 Å². The van der Waals surface area contributed by atoms with Crippen molar-refractivity contribution in [2.45, 2.75) is 12.3 Å². The Balaban J connectivity index is 2.38. The summed E-state index contributed by atoms with van der Waals surface area (Å²) in [6, 6.07) is 8.37. The number of hydrogen-bond donors (Lipinski definition) is 1. The zero-order valence-electron chi connectivity index (χ0n) is 8.61. The highest BCUT2D eigenvalue weighted by Gasteiger charge is 2.45. The molecule has 1 fully saturated rings. The average Bonchev–Trinajstić information content (AvgIpc) is 2.54. The number of amides is 2. The molecule has 0 aliphatic carbocycles. The SMILES string of the molecule is O=C1CC(c2ccccc2)C(=O)N1S(=O)(=O)O. The topological polar surface area (TPSA) is 91.8 Å². The monoisotopic (exact) mass is 255 g/mol. The third-order valence-electron chi connectivity index (χ3n) is 2.54. The Hall–Kier alpha value is -1.73. The van der Waals surface area contributed by atoms with Crippen LogP contribution in [0.4, 0.5) is 0 Å². The fourth-order valence-electron chi connectivity index (χ4n) is 1.80. The van der Waals surface area contributed by atoms with Crippen LogP contribution in [0.1, 0.15) is 17.9 Å². The molecular formula is C10H9NO5S. The summed E-state index contributed by atoms with van der Waals surface area (Å²) in [5, 5.41) is 0. The van der Waals surface area contributed by atoms with E-state index in [0.29, 0.717) is 5.56 Å². The van der Waals surface area contributed by atoms with Gasteiger partial charge in [0.15, 0.2) is 0 Å². The van der Waals surface area contributed by atoms with E-state index in [-0.39, 0.29) is 10.7 Å². The van der Waals surface area contributed by atoms with Crippen molar-refractivity contribution in [3.8, 4) is 0 Å². The van der Waals surface area contributed by atoms with Gasteiger partial charge in [-0.25, -0.2) is 0 Å². The molecule has 1 aromatic carbocycles. The van der Waals surface area contributed by atoms with Crippen molar-refractivity contribution in [2.75, 3.05) is 0 Å². The second-order valence-electron chi connectivity index (χ2n) is 3.64. The predicted octanol–water partition coefficient (Wildman–Crippen LogP) is 0.332. The Labute approximate surface area is 97.7 Å². The maximum atomic E-state index is 11.7. The van der Waals surface area contributed by atoms with Crippen molar-refractivity contribution in [3.63, 3.8) is 0 Å². The second-order valence-corrected chi connectivity index (χ2v) is 4.90. The number of rotatable bonds is 2. The van der Waals surface area contributed by atoms with Crippen LogP contribution in [0.25, 0.3) is 0 Å². The zero-order chi connectivity index (χ0) is 12.6. The Bertz CT molecular complexity index is 566. The lowest BCUT2D eigenvalue weighted by molar-refractivity contribution is -0.133. The minimum atomic E-state index is -4.81. The average molecular weight is 255 g/mol. The van der Waals surface area contributed by atoms with Crippen molar-refractivity contribution in [3.05, 3.63) is 35.9 Å². The van der Waals surface area contributed by atoms with Gasteiger partial charge in [0.2, 0.25) is 5.91 Å². The first-order valence-electron chi connectivity index (χ1n) is 4.80. The van der Waals surface area contributed by atoms with Crippen LogP contribution in [0.15, 0.2) is 30.3 Å². The van der Waals surface area contributed by atoms with Crippen LogP contribution in [0, 0.1) is 0 Å². The molecule has 1 saturated heterocycles. The molecule has 1 heterocycles. The third-order valence-corrected chi connectivity index (χ3v) is 3.38.